The highest BCUT2D eigenvalue weighted by molar-refractivity contribution is 5.42. The van der Waals surface area contributed by atoms with E-state index in [-0.39, 0.29) is 11.9 Å². The summed E-state index contributed by atoms with van der Waals surface area (Å²) in [5.74, 6) is 0.228. The number of benzene rings is 1. The largest absolute Gasteiger partial charge is 0.508 e. The van der Waals surface area contributed by atoms with Gasteiger partial charge in [0.05, 0.1) is 24.9 Å². The highest BCUT2D eigenvalue weighted by Gasteiger charge is 2.28. The molecule has 0 spiro atoms. The molecule has 0 radical (unpaired) electrons. The molecule has 0 aromatic heterocycles. The average Bonchev–Trinajstić information content (AvgIpc) is 2.63. The number of aromatic hydroxyl groups is 1. The van der Waals surface area contributed by atoms with Gasteiger partial charge in [-0.1, -0.05) is 12.1 Å². The highest BCUT2D eigenvalue weighted by atomic mass is 16.5. The van der Waals surface area contributed by atoms with Crippen molar-refractivity contribution in [1.82, 2.24) is 0 Å². The topological polar surface area (TPSA) is 69.9 Å². The molecule has 0 saturated heterocycles. The van der Waals surface area contributed by atoms with E-state index in [0.29, 0.717) is 13.0 Å². The Morgan fingerprint density at radius 2 is 2.19 bits per heavy atom. The molecule has 1 heterocycles. The fraction of sp³-hybridized carbons (Fsp3) is 0.500. The lowest BCUT2D eigenvalue weighted by molar-refractivity contribution is -0.0241. The van der Waals surface area contributed by atoms with Gasteiger partial charge in [0.15, 0.2) is 0 Å². The van der Waals surface area contributed by atoms with Gasteiger partial charge < -0.3 is 20.1 Å². The van der Waals surface area contributed by atoms with Crippen molar-refractivity contribution in [2.75, 3.05) is 0 Å². The van der Waals surface area contributed by atoms with Gasteiger partial charge >= 0.3 is 0 Å². The summed E-state index contributed by atoms with van der Waals surface area (Å²) in [4.78, 5) is 0. The first kappa shape index (κ1) is 11.4. The van der Waals surface area contributed by atoms with Crippen LogP contribution in [0.1, 0.15) is 30.6 Å². The Labute approximate surface area is 94.1 Å². The number of fused-ring (bicyclic) bond motifs is 1. The maximum atomic E-state index is 9.60. The standard InChI is InChI=1S/C12H16O4/c1-7(13)11(15)5-12-8-3-2-4-10(14)9(8)6-16-12/h2-4,7,11-15H,5-6H2,1H3/t7-,11-,12+/m0/s1. The maximum Gasteiger partial charge on any atom is 0.121 e. The molecule has 0 unspecified atom stereocenters. The zero-order valence-electron chi connectivity index (χ0n) is 9.13. The van der Waals surface area contributed by atoms with Gasteiger partial charge in [-0.05, 0) is 18.6 Å². The molecule has 3 N–H and O–H groups in total. The molecular weight excluding hydrogens is 208 g/mol. The molecule has 4 heteroatoms. The van der Waals surface area contributed by atoms with E-state index in [1.54, 1.807) is 19.1 Å². The summed E-state index contributed by atoms with van der Waals surface area (Å²) in [7, 11) is 0. The van der Waals surface area contributed by atoms with E-state index in [9.17, 15) is 15.3 Å². The van der Waals surface area contributed by atoms with E-state index in [0.717, 1.165) is 11.1 Å². The molecule has 0 aliphatic carbocycles. The van der Waals surface area contributed by atoms with E-state index in [1.807, 2.05) is 6.07 Å². The summed E-state index contributed by atoms with van der Waals surface area (Å²) < 4.78 is 5.49. The highest BCUT2D eigenvalue weighted by Crippen LogP contribution is 2.38. The van der Waals surface area contributed by atoms with E-state index in [2.05, 4.69) is 0 Å². The summed E-state index contributed by atoms with van der Waals surface area (Å²) in [5.41, 5.74) is 1.69. The number of hydrogen-bond donors (Lipinski definition) is 3. The maximum absolute atomic E-state index is 9.60. The number of hydrogen-bond acceptors (Lipinski definition) is 4. The lowest BCUT2D eigenvalue weighted by Crippen LogP contribution is -2.24. The van der Waals surface area contributed by atoms with Crippen molar-refractivity contribution in [3.63, 3.8) is 0 Å². The SMILES string of the molecule is C[C@H](O)[C@@H](O)C[C@H]1OCc2c(O)cccc21. The first-order valence-corrected chi connectivity index (χ1v) is 5.38. The van der Waals surface area contributed by atoms with Crippen LogP contribution in [0.3, 0.4) is 0 Å². The van der Waals surface area contributed by atoms with Crippen molar-refractivity contribution in [2.24, 2.45) is 0 Å². The molecule has 1 aromatic carbocycles. The van der Waals surface area contributed by atoms with Crippen LogP contribution < -0.4 is 0 Å². The van der Waals surface area contributed by atoms with E-state index >= 15 is 0 Å². The lowest BCUT2D eigenvalue weighted by Gasteiger charge is -2.18. The van der Waals surface area contributed by atoms with Crippen LogP contribution in [0.15, 0.2) is 18.2 Å². The Kier molecular flexibility index (Phi) is 3.14. The van der Waals surface area contributed by atoms with Crippen molar-refractivity contribution < 1.29 is 20.1 Å². The van der Waals surface area contributed by atoms with Gasteiger partial charge in [0.25, 0.3) is 0 Å². The first-order valence-electron chi connectivity index (χ1n) is 5.38. The van der Waals surface area contributed by atoms with Crippen LogP contribution in [0.25, 0.3) is 0 Å². The molecule has 3 atom stereocenters. The van der Waals surface area contributed by atoms with Crippen LogP contribution in [0, 0.1) is 0 Å². The minimum atomic E-state index is -0.807. The molecule has 2 rings (SSSR count). The summed E-state index contributed by atoms with van der Waals surface area (Å²) >= 11 is 0. The molecule has 0 amide bonds. The number of aliphatic hydroxyl groups is 2. The Balaban J connectivity index is 2.15. The van der Waals surface area contributed by atoms with Crippen LogP contribution >= 0.6 is 0 Å². The summed E-state index contributed by atoms with van der Waals surface area (Å²) in [6.45, 7) is 1.90. The molecule has 0 saturated carbocycles. The van der Waals surface area contributed by atoms with Crippen molar-refractivity contribution >= 4 is 0 Å². The van der Waals surface area contributed by atoms with Crippen molar-refractivity contribution in [3.05, 3.63) is 29.3 Å². The van der Waals surface area contributed by atoms with Crippen molar-refractivity contribution in [1.29, 1.82) is 0 Å². The quantitative estimate of drug-likeness (QED) is 0.719. The number of ether oxygens (including phenoxy) is 1. The molecule has 88 valence electrons. The first-order chi connectivity index (χ1) is 7.59. The Hall–Kier alpha value is -1.10. The van der Waals surface area contributed by atoms with Gasteiger partial charge in [0.2, 0.25) is 0 Å². The Morgan fingerprint density at radius 1 is 1.44 bits per heavy atom. The van der Waals surface area contributed by atoms with Gasteiger partial charge in [-0.15, -0.1) is 0 Å². The number of rotatable bonds is 3. The smallest absolute Gasteiger partial charge is 0.121 e. The Bertz CT molecular complexity index is 375. The summed E-state index contributed by atoms with van der Waals surface area (Å²) in [5, 5.41) is 28.4. The van der Waals surface area contributed by atoms with E-state index in [4.69, 9.17) is 4.74 Å². The van der Waals surface area contributed by atoms with Gasteiger partial charge in [0.1, 0.15) is 5.75 Å². The number of aliphatic hydroxyl groups excluding tert-OH is 2. The van der Waals surface area contributed by atoms with Gasteiger partial charge in [0, 0.05) is 12.0 Å². The molecule has 0 bridgehead atoms. The van der Waals surface area contributed by atoms with E-state index in [1.165, 1.54) is 0 Å². The Morgan fingerprint density at radius 3 is 2.88 bits per heavy atom. The van der Waals surface area contributed by atoms with Crippen LogP contribution in [0.4, 0.5) is 0 Å². The third kappa shape index (κ3) is 2.04. The molecule has 1 aliphatic heterocycles. The minimum Gasteiger partial charge on any atom is -0.508 e. The number of phenols is 1. The predicted molar refractivity (Wildman–Crippen MR) is 57.9 cm³/mol. The summed E-state index contributed by atoms with van der Waals surface area (Å²) in [6.07, 6.45) is -1.48. The molecule has 0 fully saturated rings. The second-order valence-electron chi connectivity index (χ2n) is 4.19. The van der Waals surface area contributed by atoms with Crippen LogP contribution in [-0.4, -0.2) is 27.5 Å². The van der Waals surface area contributed by atoms with Gasteiger partial charge in [-0.3, -0.25) is 0 Å². The molecule has 16 heavy (non-hydrogen) atoms. The molecule has 1 aromatic rings. The van der Waals surface area contributed by atoms with Gasteiger partial charge in [-0.25, -0.2) is 0 Å². The minimum absolute atomic E-state index is 0.228. The second kappa shape index (κ2) is 4.41. The zero-order chi connectivity index (χ0) is 11.7. The van der Waals surface area contributed by atoms with Crippen LogP contribution in [-0.2, 0) is 11.3 Å². The predicted octanol–water partition coefficient (Wildman–Crippen LogP) is 1.10. The van der Waals surface area contributed by atoms with Crippen molar-refractivity contribution in [3.8, 4) is 5.75 Å². The van der Waals surface area contributed by atoms with Crippen LogP contribution in [0.2, 0.25) is 0 Å². The second-order valence-corrected chi connectivity index (χ2v) is 4.19. The summed E-state index contributed by atoms with van der Waals surface area (Å²) in [6, 6.07) is 5.25. The van der Waals surface area contributed by atoms with Crippen LogP contribution in [0.5, 0.6) is 5.75 Å². The lowest BCUT2D eigenvalue weighted by atomic mass is 9.99. The fourth-order valence-electron chi connectivity index (χ4n) is 1.94. The molecule has 1 aliphatic rings. The molecule has 4 nitrogen and oxygen atoms in total. The van der Waals surface area contributed by atoms with Gasteiger partial charge in [-0.2, -0.15) is 0 Å². The normalized spacial score (nSPS) is 22.8. The number of phenolic OH excluding ortho intramolecular Hbond substituents is 1. The van der Waals surface area contributed by atoms with E-state index < -0.39 is 12.2 Å². The average molecular weight is 224 g/mol. The molecular formula is C12H16O4. The third-order valence-electron chi connectivity index (χ3n) is 2.98. The third-order valence-corrected chi connectivity index (χ3v) is 2.98. The zero-order valence-corrected chi connectivity index (χ0v) is 9.13. The monoisotopic (exact) mass is 224 g/mol. The fourth-order valence-corrected chi connectivity index (χ4v) is 1.94. The van der Waals surface area contributed by atoms with Crippen molar-refractivity contribution in [2.45, 2.75) is 38.3 Å².